The summed E-state index contributed by atoms with van der Waals surface area (Å²) in [6.07, 6.45) is 0.634. The van der Waals surface area contributed by atoms with Gasteiger partial charge in [-0.1, -0.05) is 12.1 Å². The number of aromatic nitrogens is 2. The van der Waals surface area contributed by atoms with Crippen LogP contribution in [0.2, 0.25) is 0 Å². The molecule has 2 aromatic carbocycles. The topological polar surface area (TPSA) is 107 Å². The molecule has 0 aliphatic heterocycles. The summed E-state index contributed by atoms with van der Waals surface area (Å²) in [5, 5.41) is 7.97. The van der Waals surface area contributed by atoms with E-state index in [9.17, 15) is 17.6 Å². The van der Waals surface area contributed by atoms with Crippen molar-refractivity contribution < 1.29 is 17.6 Å². The minimum atomic E-state index is -3.80. The molecule has 1 heterocycles. The molecule has 0 spiro atoms. The van der Waals surface area contributed by atoms with Gasteiger partial charge in [0.25, 0.3) is 0 Å². The average molecular weight is 404 g/mol. The summed E-state index contributed by atoms with van der Waals surface area (Å²) in [4.78, 5) is 16.6. The first-order chi connectivity index (χ1) is 13.3. The molecule has 3 rings (SSSR count). The highest BCUT2D eigenvalue weighted by molar-refractivity contribution is 7.89. The number of nitrogens with zero attached hydrogens (tertiary/aromatic N) is 2. The van der Waals surface area contributed by atoms with Crippen LogP contribution < -0.4 is 10.5 Å². The summed E-state index contributed by atoms with van der Waals surface area (Å²) < 4.78 is 37.9. The molecular formula is C19H21FN4O3S. The minimum Gasteiger partial charge on any atom is -0.352 e. The second-order valence-electron chi connectivity index (χ2n) is 6.37. The Hall–Kier alpha value is -2.78. The maximum Gasteiger partial charge on any atom is 0.238 e. The summed E-state index contributed by atoms with van der Waals surface area (Å²) in [5.74, 6) is 0.226. The second kappa shape index (κ2) is 8.07. The Labute approximate surface area is 162 Å². The van der Waals surface area contributed by atoms with Gasteiger partial charge in [-0.3, -0.25) is 4.79 Å². The maximum absolute atomic E-state index is 12.9. The van der Waals surface area contributed by atoms with Crippen LogP contribution in [0.5, 0.6) is 0 Å². The standard InChI is InChI=1S/C19H21FN4O3S/c1-2-24-17-8-7-15(28(21,26)27)11-16(17)23-18(24)9-10-19(25)22-12-13-3-5-14(20)6-4-13/h3-8,11H,2,9-10,12H2,1H3,(H,22,25)(H2,21,26,27). The number of carbonyl (C=O) groups excluding carboxylic acids is 1. The fourth-order valence-corrected chi connectivity index (χ4v) is 3.53. The van der Waals surface area contributed by atoms with Gasteiger partial charge in [-0.15, -0.1) is 0 Å². The molecule has 28 heavy (non-hydrogen) atoms. The lowest BCUT2D eigenvalue weighted by Crippen LogP contribution is -2.23. The third-order valence-corrected chi connectivity index (χ3v) is 5.33. The highest BCUT2D eigenvalue weighted by atomic mass is 32.2. The molecule has 148 valence electrons. The molecule has 3 N–H and O–H groups in total. The smallest absolute Gasteiger partial charge is 0.238 e. The van der Waals surface area contributed by atoms with Crippen LogP contribution in [-0.2, 0) is 34.3 Å². The van der Waals surface area contributed by atoms with E-state index in [-0.39, 0.29) is 23.0 Å². The van der Waals surface area contributed by atoms with E-state index in [1.165, 1.54) is 24.3 Å². The van der Waals surface area contributed by atoms with E-state index in [0.717, 1.165) is 11.1 Å². The molecule has 0 radical (unpaired) electrons. The van der Waals surface area contributed by atoms with Gasteiger partial charge in [-0.05, 0) is 42.8 Å². The number of hydrogen-bond acceptors (Lipinski definition) is 4. The molecule has 0 aliphatic carbocycles. The summed E-state index contributed by atoms with van der Waals surface area (Å²) >= 11 is 0. The zero-order valence-corrected chi connectivity index (χ0v) is 16.2. The van der Waals surface area contributed by atoms with Crippen LogP contribution in [0.1, 0.15) is 24.7 Å². The van der Waals surface area contributed by atoms with Gasteiger partial charge in [0.15, 0.2) is 0 Å². The summed E-state index contributed by atoms with van der Waals surface area (Å²) in [7, 11) is -3.80. The highest BCUT2D eigenvalue weighted by Gasteiger charge is 2.15. The minimum absolute atomic E-state index is 0.00402. The zero-order valence-electron chi connectivity index (χ0n) is 15.4. The van der Waals surface area contributed by atoms with Crippen molar-refractivity contribution in [2.24, 2.45) is 5.14 Å². The molecule has 0 saturated carbocycles. The molecule has 0 fully saturated rings. The van der Waals surface area contributed by atoms with E-state index in [1.54, 1.807) is 18.2 Å². The first-order valence-corrected chi connectivity index (χ1v) is 10.4. The van der Waals surface area contributed by atoms with Crippen molar-refractivity contribution in [3.8, 4) is 0 Å². The number of rotatable bonds is 7. The van der Waals surface area contributed by atoms with Crippen LogP contribution in [0.3, 0.4) is 0 Å². The lowest BCUT2D eigenvalue weighted by molar-refractivity contribution is -0.121. The molecule has 0 atom stereocenters. The van der Waals surface area contributed by atoms with Crippen molar-refractivity contribution in [2.45, 2.75) is 37.8 Å². The SMILES string of the molecule is CCn1c(CCC(=O)NCc2ccc(F)cc2)nc2cc(S(N)(=O)=O)ccc21. The number of benzene rings is 2. The molecule has 0 bridgehead atoms. The van der Waals surface area contributed by atoms with Crippen LogP contribution in [0.25, 0.3) is 11.0 Å². The zero-order chi connectivity index (χ0) is 20.3. The van der Waals surface area contributed by atoms with E-state index in [0.29, 0.717) is 30.9 Å². The van der Waals surface area contributed by atoms with Crippen LogP contribution in [0, 0.1) is 5.82 Å². The fourth-order valence-electron chi connectivity index (χ4n) is 3.00. The molecule has 0 aliphatic rings. The van der Waals surface area contributed by atoms with E-state index in [1.807, 2.05) is 11.5 Å². The number of sulfonamides is 1. The lowest BCUT2D eigenvalue weighted by atomic mass is 10.2. The van der Waals surface area contributed by atoms with Gasteiger partial charge >= 0.3 is 0 Å². The first kappa shape index (κ1) is 20.0. The van der Waals surface area contributed by atoms with Crippen molar-refractivity contribution in [3.63, 3.8) is 0 Å². The molecule has 3 aromatic rings. The maximum atomic E-state index is 12.9. The number of fused-ring (bicyclic) bond motifs is 1. The van der Waals surface area contributed by atoms with Crippen LogP contribution in [0.15, 0.2) is 47.4 Å². The highest BCUT2D eigenvalue weighted by Crippen LogP contribution is 2.21. The van der Waals surface area contributed by atoms with Gasteiger partial charge in [0.1, 0.15) is 11.6 Å². The van der Waals surface area contributed by atoms with Crippen LogP contribution in [-0.4, -0.2) is 23.9 Å². The molecular weight excluding hydrogens is 383 g/mol. The number of nitrogens with two attached hydrogens (primary N) is 1. The normalized spacial score (nSPS) is 11.7. The van der Waals surface area contributed by atoms with Gasteiger partial charge in [-0.25, -0.2) is 22.9 Å². The fraction of sp³-hybridized carbons (Fsp3) is 0.263. The monoisotopic (exact) mass is 404 g/mol. The largest absolute Gasteiger partial charge is 0.352 e. The van der Waals surface area contributed by atoms with E-state index in [2.05, 4.69) is 10.3 Å². The van der Waals surface area contributed by atoms with E-state index in [4.69, 9.17) is 5.14 Å². The Morgan fingerprint density at radius 1 is 1.21 bits per heavy atom. The predicted molar refractivity (Wildman–Crippen MR) is 103 cm³/mol. The van der Waals surface area contributed by atoms with Gasteiger partial charge in [-0.2, -0.15) is 0 Å². The number of hydrogen-bond donors (Lipinski definition) is 2. The molecule has 1 amide bonds. The Kier molecular flexibility index (Phi) is 5.76. The summed E-state index contributed by atoms with van der Waals surface area (Å²) in [5.41, 5.74) is 2.12. The summed E-state index contributed by atoms with van der Waals surface area (Å²) in [6, 6.07) is 10.5. The first-order valence-electron chi connectivity index (χ1n) is 8.81. The van der Waals surface area contributed by atoms with Gasteiger partial charge < -0.3 is 9.88 Å². The Morgan fingerprint density at radius 2 is 1.93 bits per heavy atom. The number of imidazole rings is 1. The third-order valence-electron chi connectivity index (χ3n) is 4.42. The second-order valence-corrected chi connectivity index (χ2v) is 7.93. The molecule has 9 heteroatoms. The lowest BCUT2D eigenvalue weighted by Gasteiger charge is -2.07. The molecule has 1 aromatic heterocycles. The van der Waals surface area contributed by atoms with Crippen LogP contribution in [0.4, 0.5) is 4.39 Å². The quantitative estimate of drug-likeness (QED) is 0.629. The van der Waals surface area contributed by atoms with E-state index >= 15 is 0 Å². The number of primary sulfonamides is 1. The Balaban J connectivity index is 1.69. The molecule has 7 nitrogen and oxygen atoms in total. The number of nitrogens with one attached hydrogen (secondary N) is 1. The molecule has 0 saturated heterocycles. The molecule has 0 unspecified atom stereocenters. The van der Waals surface area contributed by atoms with Crippen LogP contribution >= 0.6 is 0 Å². The Bertz CT molecular complexity index is 1110. The van der Waals surface area contributed by atoms with Crippen molar-refractivity contribution in [2.75, 3.05) is 0 Å². The Morgan fingerprint density at radius 3 is 2.57 bits per heavy atom. The number of aryl methyl sites for hydroxylation is 2. The number of amides is 1. The predicted octanol–water partition coefficient (Wildman–Crippen LogP) is 2.09. The number of halogens is 1. The van der Waals surface area contributed by atoms with Crippen molar-refractivity contribution in [1.82, 2.24) is 14.9 Å². The van der Waals surface area contributed by atoms with Gasteiger partial charge in [0.2, 0.25) is 15.9 Å². The van der Waals surface area contributed by atoms with Gasteiger partial charge in [0, 0.05) is 25.9 Å². The third kappa shape index (κ3) is 4.55. The summed E-state index contributed by atoms with van der Waals surface area (Å²) in [6.45, 7) is 2.91. The number of carbonyl (C=O) groups is 1. The van der Waals surface area contributed by atoms with Gasteiger partial charge in [0.05, 0.1) is 15.9 Å². The van der Waals surface area contributed by atoms with Crippen molar-refractivity contribution in [1.29, 1.82) is 0 Å². The van der Waals surface area contributed by atoms with Crippen molar-refractivity contribution >= 4 is 27.0 Å². The van der Waals surface area contributed by atoms with Crippen molar-refractivity contribution in [3.05, 3.63) is 59.7 Å². The average Bonchev–Trinajstić information content (AvgIpc) is 3.01. The van der Waals surface area contributed by atoms with E-state index < -0.39 is 10.0 Å².